The molecule has 22 nitrogen and oxygen atoms in total. The van der Waals surface area contributed by atoms with Crippen molar-refractivity contribution in [2.75, 3.05) is 32.2 Å². The standard InChI is InChI=1S/C28H26N6O15S5.H2O/c1-30-9-12-52(37,38)19-6-3-17(4-7-19)31-34-27-23(53(39,40)41)14-16-13-22(51-48-47-36)26(28(35)24(16)25(27)29)33-32-20-15-18(5-8-21(20)45-2)50-11-10-46-49-54(42,43)44;/h3-8,13-15,30,35-36H,9,12,29H2,1-2H3,(H,39,40,41)(H,42,43,44);1H2. The first-order valence-corrected chi connectivity index (χ1v) is 20.2. The average Bonchev–Trinajstić information content (AvgIpc) is 3.11. The maximum absolute atomic E-state index is 12.5. The Kier molecular flexibility index (Phi) is 15.7. The minimum Gasteiger partial charge on any atom is -0.505 e. The summed E-state index contributed by atoms with van der Waals surface area (Å²) < 4.78 is 103. The summed E-state index contributed by atoms with van der Waals surface area (Å²) in [6, 6.07) is 11.7. The molecule has 27 heteroatoms. The lowest BCUT2D eigenvalue weighted by molar-refractivity contribution is -0.432. The number of sulfone groups is 1. The summed E-state index contributed by atoms with van der Waals surface area (Å²) in [7, 11) is -10.6. The molecule has 9 N–H and O–H groups in total. The van der Waals surface area contributed by atoms with Gasteiger partial charge in [-0.05, 0) is 83.1 Å². The maximum Gasteiger partial charge on any atom is 0.433 e. The van der Waals surface area contributed by atoms with Crippen molar-refractivity contribution in [3.8, 4) is 22.9 Å². The molecule has 4 aromatic carbocycles. The Balaban J connectivity index is 0.00000812. The van der Waals surface area contributed by atoms with Crippen molar-refractivity contribution in [2.24, 2.45) is 20.5 Å². The lowest BCUT2D eigenvalue weighted by atomic mass is 10.1. The van der Waals surface area contributed by atoms with Gasteiger partial charge in [-0.25, -0.2) is 13.7 Å². The number of azo groups is 2. The molecule has 0 aliphatic carbocycles. The summed E-state index contributed by atoms with van der Waals surface area (Å²) >= 11 is 1.12. The number of hydrogen-bond acceptors (Lipinski definition) is 21. The number of nitrogens with zero attached hydrogens (tertiary/aromatic N) is 4. The van der Waals surface area contributed by atoms with Crippen LogP contribution >= 0.6 is 23.8 Å². The first kappa shape index (κ1) is 44.7. The molecule has 4 rings (SSSR count). The fraction of sp³-hybridized carbons (Fsp3) is 0.143. The van der Waals surface area contributed by atoms with Gasteiger partial charge in [0.25, 0.3) is 10.1 Å². The number of hydrogen-bond donors (Lipinski definition) is 6. The fourth-order valence-electron chi connectivity index (χ4n) is 4.28. The number of rotatable bonds is 16. The zero-order valence-electron chi connectivity index (χ0n) is 27.8. The van der Waals surface area contributed by atoms with Gasteiger partial charge in [0.1, 0.15) is 27.7 Å². The van der Waals surface area contributed by atoms with E-state index >= 15 is 0 Å². The number of nitrogen functional groups attached to an aromatic ring is 1. The number of ether oxygens (including phenoxy) is 1. The van der Waals surface area contributed by atoms with Crippen LogP contribution in [-0.2, 0) is 48.9 Å². The number of phenolic OH excluding ortho intramolecular Hbond substituents is 1. The number of thioether (sulfide) groups is 1. The third-order valence-electron chi connectivity index (χ3n) is 6.61. The first-order valence-electron chi connectivity index (χ1n) is 14.2. The summed E-state index contributed by atoms with van der Waals surface area (Å²) in [6.07, 6.45) is 1.88. The van der Waals surface area contributed by atoms with Crippen LogP contribution in [0, 0.1) is 11.4 Å². The minimum atomic E-state index is -5.04. The Hall–Kier alpha value is -4.67. The van der Waals surface area contributed by atoms with Gasteiger partial charge >= 0.3 is 10.4 Å². The summed E-state index contributed by atoms with van der Waals surface area (Å²) in [5.74, 6) is -0.696. The first-order chi connectivity index (χ1) is 25.5. The number of nitrogens with one attached hydrogen (secondary N) is 1. The lowest BCUT2D eigenvalue weighted by Gasteiger charge is -2.14. The molecule has 55 heavy (non-hydrogen) atoms. The molecule has 0 amide bonds. The topological polar surface area (TPSA) is 348 Å². The predicted molar refractivity (Wildman–Crippen MR) is 195 cm³/mol. The second-order valence-corrected chi connectivity index (χ2v) is 16.2. The van der Waals surface area contributed by atoms with E-state index in [4.69, 9.17) is 20.3 Å². The molecule has 0 aliphatic rings. The van der Waals surface area contributed by atoms with E-state index in [0.29, 0.717) is 16.9 Å². The van der Waals surface area contributed by atoms with Crippen molar-refractivity contribution in [2.45, 2.75) is 19.6 Å². The average molecular weight is 865 g/mol. The highest BCUT2D eigenvalue weighted by atomic mass is 32.3. The molecule has 0 aliphatic heterocycles. The number of methoxy groups -OCH3 is 1. The maximum atomic E-state index is 12.5. The van der Waals surface area contributed by atoms with E-state index in [0.717, 1.165) is 17.8 Å². The van der Waals surface area contributed by atoms with Gasteiger partial charge in [-0.1, -0.05) is 5.04 Å². The van der Waals surface area contributed by atoms with E-state index in [-0.39, 0.29) is 61.1 Å². The quantitative estimate of drug-likeness (QED) is 0.0131. The van der Waals surface area contributed by atoms with Crippen LogP contribution in [-0.4, -0.2) is 76.7 Å². The van der Waals surface area contributed by atoms with Gasteiger partial charge in [-0.15, -0.1) is 19.7 Å². The van der Waals surface area contributed by atoms with Crippen LogP contribution in [0.15, 0.2) is 94.6 Å². The van der Waals surface area contributed by atoms with Crippen LogP contribution < -0.4 is 15.8 Å². The molecular weight excluding hydrogens is 837 g/mol. The summed E-state index contributed by atoms with van der Waals surface area (Å²) in [5.41, 5.74) is 5.03. The second kappa shape index (κ2) is 19.3. The molecule has 4 aromatic rings. The molecule has 0 saturated heterocycles. The van der Waals surface area contributed by atoms with E-state index in [1.165, 1.54) is 55.6 Å². The molecule has 0 aromatic heterocycles. The van der Waals surface area contributed by atoms with Crippen molar-refractivity contribution in [3.63, 3.8) is 0 Å². The smallest absolute Gasteiger partial charge is 0.433 e. The molecule has 0 saturated carbocycles. The zero-order chi connectivity index (χ0) is 39.7. The largest absolute Gasteiger partial charge is 0.505 e. The van der Waals surface area contributed by atoms with Crippen molar-refractivity contribution >= 4 is 93.4 Å². The number of anilines is 1. The van der Waals surface area contributed by atoms with Gasteiger partial charge in [0.05, 0.1) is 51.5 Å². The van der Waals surface area contributed by atoms with Crippen LogP contribution in [0.25, 0.3) is 10.8 Å². The summed E-state index contributed by atoms with van der Waals surface area (Å²) in [5, 5.41) is 44.8. The van der Waals surface area contributed by atoms with Crippen molar-refractivity contribution in [1.82, 2.24) is 5.32 Å². The van der Waals surface area contributed by atoms with Gasteiger partial charge in [0.2, 0.25) is 0 Å². The number of benzene rings is 4. The van der Waals surface area contributed by atoms with Crippen LogP contribution in [0.4, 0.5) is 28.4 Å². The van der Waals surface area contributed by atoms with E-state index in [1.54, 1.807) is 7.05 Å². The van der Waals surface area contributed by atoms with Crippen LogP contribution in [0.1, 0.15) is 0 Å². The normalized spacial score (nSPS) is 12.1. The van der Waals surface area contributed by atoms with Crippen LogP contribution in [0.3, 0.4) is 0 Å². The van der Waals surface area contributed by atoms with Crippen molar-refractivity contribution in [1.29, 1.82) is 0 Å². The molecular formula is C28H28N6O16S5. The van der Waals surface area contributed by atoms with Gasteiger partial charge in [-0.3, -0.25) is 14.0 Å². The monoisotopic (exact) mass is 864 g/mol. The number of phenols is 1. The summed E-state index contributed by atoms with van der Waals surface area (Å²) in [4.78, 5) is 3.51. The van der Waals surface area contributed by atoms with E-state index in [2.05, 4.69) is 49.6 Å². The minimum absolute atomic E-state index is 0. The Bertz CT molecular complexity index is 2490. The van der Waals surface area contributed by atoms with Crippen molar-refractivity contribution in [3.05, 3.63) is 54.6 Å². The highest BCUT2D eigenvalue weighted by molar-refractivity contribution is 8.04. The van der Waals surface area contributed by atoms with Gasteiger partial charge in [-0.2, -0.15) is 21.9 Å². The predicted octanol–water partition coefficient (Wildman–Crippen LogP) is 4.57. The number of fused-ring (bicyclic) bond motifs is 1. The van der Waals surface area contributed by atoms with Gasteiger partial charge in [0, 0.05) is 16.7 Å². The third-order valence-corrected chi connectivity index (χ3v) is 10.7. The molecule has 0 spiro atoms. The molecule has 0 fully saturated rings. The fourth-order valence-corrected chi connectivity index (χ4v) is 7.32. The SMILES string of the molecule is CNCCS(=O)(=O)c1ccc(N=Nc2c(S(=O)(=O)O)cc3cc(SOOO)c(N=Nc4cc(SC#COOS(=O)(=O)O)ccc4OC)c(O)c3c2N)cc1.O. The third kappa shape index (κ3) is 11.9. The molecule has 0 atom stereocenters. The molecule has 0 unspecified atom stereocenters. The number of nitrogens with two attached hydrogens (primary N) is 1. The molecule has 296 valence electrons. The lowest BCUT2D eigenvalue weighted by Crippen LogP contribution is -2.19. The van der Waals surface area contributed by atoms with Crippen molar-refractivity contribution < 1.29 is 73.5 Å². The second-order valence-electron chi connectivity index (χ2n) is 10.0. The Labute approximate surface area is 320 Å². The highest BCUT2D eigenvalue weighted by Gasteiger charge is 2.26. The van der Waals surface area contributed by atoms with Gasteiger partial charge in [0.15, 0.2) is 21.7 Å². The van der Waals surface area contributed by atoms with Crippen LogP contribution in [0.5, 0.6) is 11.5 Å². The Morgan fingerprint density at radius 3 is 2.24 bits per heavy atom. The molecule has 0 radical (unpaired) electrons. The molecule has 0 bridgehead atoms. The molecule has 0 heterocycles. The van der Waals surface area contributed by atoms with E-state index in [1.807, 2.05) is 6.11 Å². The van der Waals surface area contributed by atoms with E-state index < -0.39 is 52.4 Å². The number of aromatic hydroxyl groups is 1. The van der Waals surface area contributed by atoms with E-state index in [9.17, 15) is 34.9 Å². The Morgan fingerprint density at radius 1 is 0.927 bits per heavy atom. The summed E-state index contributed by atoms with van der Waals surface area (Å²) in [6.45, 7) is 0.219. The Morgan fingerprint density at radius 2 is 1.62 bits per heavy atom. The van der Waals surface area contributed by atoms with Crippen LogP contribution in [0.2, 0.25) is 0 Å². The van der Waals surface area contributed by atoms with Gasteiger partial charge < -0.3 is 26.4 Å². The highest BCUT2D eigenvalue weighted by Crippen LogP contribution is 2.50. The zero-order valence-corrected chi connectivity index (χ0v) is 31.9.